The predicted molar refractivity (Wildman–Crippen MR) is 428 cm³/mol. The molecule has 5 unspecified atom stereocenters. The minimum absolute atomic E-state index is 0.106. The molecule has 0 saturated carbocycles. The van der Waals surface area contributed by atoms with Gasteiger partial charge in [-0.2, -0.15) is 0 Å². The monoisotopic (exact) mass is 1520 g/mol. The van der Waals surface area contributed by atoms with Gasteiger partial charge in [-0.1, -0.05) is 389 Å². The number of phosphoric ester groups is 2. The van der Waals surface area contributed by atoms with Crippen molar-refractivity contribution in [2.24, 2.45) is 23.7 Å². The van der Waals surface area contributed by atoms with E-state index in [1.165, 1.54) is 238 Å². The van der Waals surface area contributed by atoms with Gasteiger partial charge in [0.25, 0.3) is 0 Å². The molecule has 0 heterocycles. The summed E-state index contributed by atoms with van der Waals surface area (Å²) in [6.07, 6.45) is 62.5. The Morgan fingerprint density at radius 2 is 0.462 bits per heavy atom. The van der Waals surface area contributed by atoms with Gasteiger partial charge in [0.15, 0.2) is 12.2 Å². The lowest BCUT2D eigenvalue weighted by Crippen LogP contribution is -2.30. The van der Waals surface area contributed by atoms with Crippen LogP contribution < -0.4 is 0 Å². The third-order valence-corrected chi connectivity index (χ3v) is 22.4. The summed E-state index contributed by atoms with van der Waals surface area (Å²) < 4.78 is 68.8. The zero-order chi connectivity index (χ0) is 76.7. The average molecular weight is 1520 g/mol. The van der Waals surface area contributed by atoms with Crippen LogP contribution in [0.2, 0.25) is 0 Å². The highest BCUT2D eigenvalue weighted by Crippen LogP contribution is 2.45. The van der Waals surface area contributed by atoms with Crippen molar-refractivity contribution in [2.45, 2.75) is 459 Å². The van der Waals surface area contributed by atoms with Crippen molar-refractivity contribution < 1.29 is 80.2 Å². The van der Waals surface area contributed by atoms with Gasteiger partial charge >= 0.3 is 39.5 Å². The molecule has 104 heavy (non-hydrogen) atoms. The molecule has 0 radical (unpaired) electrons. The van der Waals surface area contributed by atoms with Gasteiger partial charge in [-0.15, -0.1) is 0 Å². The molecule has 0 amide bonds. The standard InChI is InChI=1S/C85H166O17P2/c1-9-77(7)63-55-47-39-31-25-21-17-13-11-12-14-18-22-26-33-41-49-57-65-82(87)95-71-80(101-85(90)68-60-52-43-35-29-28-32-40-48-56-64-78(8)10-2)73-99-103(91,92)97-69-79(86)70-98-104(93,94)100-74-81(72-96-83(88)66-58-50-44-36-38-46-54-62-76(5)6)102-84(89)67-59-51-42-34-27-23-19-15-16-20-24-30-37-45-53-61-75(3)4/h75-81,86H,9-74H2,1-8H3,(H,91,92)(H,93,94)/t77?,78?,79?,80-,81-/m1/s1. The van der Waals surface area contributed by atoms with Gasteiger partial charge in [0, 0.05) is 25.7 Å². The van der Waals surface area contributed by atoms with Gasteiger partial charge in [-0.25, -0.2) is 9.13 Å². The first-order valence-corrected chi connectivity index (χ1v) is 46.8. The molecule has 3 N–H and O–H groups in total. The summed E-state index contributed by atoms with van der Waals surface area (Å²) >= 11 is 0. The quantitative estimate of drug-likeness (QED) is 0.0222. The Morgan fingerprint density at radius 1 is 0.269 bits per heavy atom. The summed E-state index contributed by atoms with van der Waals surface area (Å²) in [4.78, 5) is 73.1. The number of aliphatic hydroxyl groups is 1. The lowest BCUT2D eigenvalue weighted by molar-refractivity contribution is -0.161. The number of carbonyl (C=O) groups excluding carboxylic acids is 4. The lowest BCUT2D eigenvalue weighted by Gasteiger charge is -2.21. The summed E-state index contributed by atoms with van der Waals surface area (Å²) in [5.41, 5.74) is 0. The summed E-state index contributed by atoms with van der Waals surface area (Å²) in [7, 11) is -9.93. The maximum atomic E-state index is 13.1. The second-order valence-corrected chi connectivity index (χ2v) is 34.9. The first-order chi connectivity index (χ1) is 50.2. The molecule has 0 aromatic rings. The molecule has 0 aliphatic heterocycles. The van der Waals surface area contributed by atoms with Gasteiger partial charge in [-0.3, -0.25) is 37.3 Å². The molecule has 0 spiro atoms. The number of rotatable bonds is 82. The topological polar surface area (TPSA) is 237 Å². The van der Waals surface area contributed by atoms with Crippen LogP contribution in [-0.4, -0.2) is 96.7 Å². The number of carbonyl (C=O) groups is 4. The van der Waals surface area contributed by atoms with Crippen LogP contribution in [0.15, 0.2) is 0 Å². The maximum absolute atomic E-state index is 13.1. The molecule has 0 fully saturated rings. The smallest absolute Gasteiger partial charge is 0.462 e. The predicted octanol–water partition coefficient (Wildman–Crippen LogP) is 25.6. The molecular formula is C85H166O17P2. The Labute approximate surface area is 638 Å². The molecule has 0 saturated heterocycles. The van der Waals surface area contributed by atoms with Crippen molar-refractivity contribution in [3.05, 3.63) is 0 Å². The molecule has 17 nitrogen and oxygen atoms in total. The zero-order valence-corrected chi connectivity index (χ0v) is 70.5. The van der Waals surface area contributed by atoms with E-state index in [1.54, 1.807) is 0 Å². The third kappa shape index (κ3) is 75.5. The SMILES string of the molecule is CCC(C)CCCCCCCCCCCCCCCCCCCCC(=O)OC[C@H](COP(=O)(O)OCC(O)COP(=O)(O)OC[C@@H](COC(=O)CCCCCCCCCC(C)C)OC(=O)CCCCCCCCCCCCCCCCCC(C)C)OC(=O)CCCCCCCCCCCCC(C)CC. The Kier molecular flexibility index (Phi) is 72.5. The Hall–Kier alpha value is -1.94. The summed E-state index contributed by atoms with van der Waals surface area (Å²) in [5, 5.41) is 10.7. The van der Waals surface area contributed by atoms with E-state index in [0.29, 0.717) is 31.6 Å². The highest BCUT2D eigenvalue weighted by molar-refractivity contribution is 7.47. The van der Waals surface area contributed by atoms with E-state index in [1.807, 2.05) is 0 Å². The van der Waals surface area contributed by atoms with Crippen molar-refractivity contribution in [2.75, 3.05) is 39.6 Å². The number of hydrogen-bond acceptors (Lipinski definition) is 15. The van der Waals surface area contributed by atoms with Gasteiger partial charge < -0.3 is 33.8 Å². The van der Waals surface area contributed by atoms with Crippen LogP contribution in [0.5, 0.6) is 0 Å². The normalized spacial score (nSPS) is 14.5. The highest BCUT2D eigenvalue weighted by Gasteiger charge is 2.30. The highest BCUT2D eigenvalue weighted by atomic mass is 31.2. The van der Waals surface area contributed by atoms with Crippen LogP contribution in [0.1, 0.15) is 441 Å². The third-order valence-electron chi connectivity index (χ3n) is 20.5. The van der Waals surface area contributed by atoms with E-state index in [0.717, 1.165) is 114 Å². The minimum atomic E-state index is -4.96. The van der Waals surface area contributed by atoms with E-state index in [-0.39, 0.29) is 25.7 Å². The van der Waals surface area contributed by atoms with Crippen molar-refractivity contribution in [3.8, 4) is 0 Å². The second-order valence-electron chi connectivity index (χ2n) is 32.0. The zero-order valence-electron chi connectivity index (χ0n) is 68.7. The summed E-state index contributed by atoms with van der Waals surface area (Å²) in [5.74, 6) is 1.07. The number of phosphoric acid groups is 2. The van der Waals surface area contributed by atoms with Crippen LogP contribution in [-0.2, 0) is 65.4 Å². The average Bonchev–Trinajstić information content (AvgIpc) is 0.905. The molecule has 7 atom stereocenters. The number of hydrogen-bond donors (Lipinski definition) is 3. The number of unbranched alkanes of at least 4 members (excludes halogenated alkanes) is 46. The molecule has 0 aromatic carbocycles. The molecule has 0 rings (SSSR count). The van der Waals surface area contributed by atoms with Gasteiger partial charge in [0.05, 0.1) is 26.4 Å². The molecule has 19 heteroatoms. The second kappa shape index (κ2) is 73.8. The van der Waals surface area contributed by atoms with Crippen LogP contribution >= 0.6 is 15.6 Å². The van der Waals surface area contributed by atoms with Crippen LogP contribution in [0.3, 0.4) is 0 Å². The molecule has 618 valence electrons. The minimum Gasteiger partial charge on any atom is -0.462 e. The van der Waals surface area contributed by atoms with Crippen molar-refractivity contribution in [1.29, 1.82) is 0 Å². The number of aliphatic hydroxyl groups excluding tert-OH is 1. The van der Waals surface area contributed by atoms with E-state index in [2.05, 4.69) is 55.4 Å². The molecule has 0 bridgehead atoms. The Morgan fingerprint density at radius 3 is 0.683 bits per heavy atom. The first kappa shape index (κ1) is 102. The lowest BCUT2D eigenvalue weighted by atomic mass is 9.99. The Bertz CT molecular complexity index is 2030. The van der Waals surface area contributed by atoms with E-state index < -0.39 is 97.5 Å². The van der Waals surface area contributed by atoms with Crippen LogP contribution in [0, 0.1) is 23.7 Å². The van der Waals surface area contributed by atoms with Crippen LogP contribution in [0.25, 0.3) is 0 Å². The van der Waals surface area contributed by atoms with Gasteiger partial charge in [0.1, 0.15) is 19.3 Å². The summed E-state index contributed by atoms with van der Waals surface area (Å²) in [6, 6.07) is 0. The largest absolute Gasteiger partial charge is 0.472 e. The number of ether oxygens (including phenoxy) is 4. The fourth-order valence-electron chi connectivity index (χ4n) is 13.1. The Balaban J connectivity index is 5.19. The van der Waals surface area contributed by atoms with Crippen molar-refractivity contribution in [3.63, 3.8) is 0 Å². The molecule has 0 aliphatic carbocycles. The maximum Gasteiger partial charge on any atom is 0.472 e. The molecule has 0 aromatic heterocycles. The molecule has 0 aliphatic rings. The fourth-order valence-corrected chi connectivity index (χ4v) is 14.7. The van der Waals surface area contributed by atoms with Crippen molar-refractivity contribution in [1.82, 2.24) is 0 Å². The van der Waals surface area contributed by atoms with E-state index in [9.17, 15) is 43.2 Å². The van der Waals surface area contributed by atoms with E-state index in [4.69, 9.17) is 37.0 Å². The van der Waals surface area contributed by atoms with Crippen molar-refractivity contribution >= 4 is 39.5 Å². The fraction of sp³-hybridized carbons (Fsp3) is 0.953. The van der Waals surface area contributed by atoms with Crippen LogP contribution in [0.4, 0.5) is 0 Å². The van der Waals surface area contributed by atoms with Gasteiger partial charge in [-0.05, 0) is 49.4 Å². The molecular weight excluding hydrogens is 1350 g/mol. The summed E-state index contributed by atoms with van der Waals surface area (Å²) in [6.45, 7) is 14.3. The van der Waals surface area contributed by atoms with E-state index >= 15 is 0 Å². The van der Waals surface area contributed by atoms with Gasteiger partial charge in [0.2, 0.25) is 0 Å². The first-order valence-electron chi connectivity index (χ1n) is 43.8. The number of esters is 4.